The van der Waals surface area contributed by atoms with Crippen LogP contribution in [-0.2, 0) is 4.79 Å². The van der Waals surface area contributed by atoms with Gasteiger partial charge in [-0.1, -0.05) is 11.6 Å². The van der Waals surface area contributed by atoms with Crippen LogP contribution >= 0.6 is 33.2 Å². The zero-order chi connectivity index (χ0) is 18.6. The molecule has 0 radical (unpaired) electrons. The minimum absolute atomic E-state index is 0.0171. The lowest BCUT2D eigenvalue weighted by atomic mass is 10.0. The van der Waals surface area contributed by atoms with Gasteiger partial charge in [-0.25, -0.2) is 8.78 Å². The maximum absolute atomic E-state index is 13.1. The Balaban J connectivity index is 2.43. The Morgan fingerprint density at radius 1 is 0.840 bits per heavy atom. The van der Waals surface area contributed by atoms with Gasteiger partial charge in [0.2, 0.25) is 15.8 Å². The fourth-order valence-electron chi connectivity index (χ4n) is 1.87. The number of benzene rings is 2. The Labute approximate surface area is 155 Å². The Hall–Kier alpha value is -1.70. The van der Waals surface area contributed by atoms with Crippen molar-refractivity contribution in [3.63, 3.8) is 0 Å². The van der Waals surface area contributed by atoms with Gasteiger partial charge in [0.15, 0.2) is 5.12 Å². The third kappa shape index (κ3) is 4.68. The summed E-state index contributed by atoms with van der Waals surface area (Å²) in [5, 5.41) is -0.353. The second kappa shape index (κ2) is 8.12. The third-order valence-electron chi connectivity index (χ3n) is 3.07. The standard InChI is InChI=1S/C17H11ClF2O3S2/c1-10(21)24-25-17(18,15(22)11-2-6-13(19)7-3-11)16(23)12-4-8-14(20)9-5-12/h2-9H,1H3. The van der Waals surface area contributed by atoms with Crippen molar-refractivity contribution in [2.24, 2.45) is 0 Å². The molecule has 0 atom stereocenters. The molecule has 0 spiro atoms. The van der Waals surface area contributed by atoms with Crippen molar-refractivity contribution in [1.29, 1.82) is 0 Å². The molecule has 0 bridgehead atoms. The predicted molar refractivity (Wildman–Crippen MR) is 95.9 cm³/mol. The second-order valence-electron chi connectivity index (χ2n) is 4.93. The molecule has 0 aliphatic rings. The van der Waals surface area contributed by atoms with Crippen LogP contribution in [0.5, 0.6) is 0 Å². The van der Waals surface area contributed by atoms with Gasteiger partial charge in [-0.2, -0.15) is 0 Å². The summed E-state index contributed by atoms with van der Waals surface area (Å²) >= 11 is 6.34. The molecule has 0 amide bonds. The highest BCUT2D eigenvalue weighted by Crippen LogP contribution is 2.44. The van der Waals surface area contributed by atoms with Crippen LogP contribution in [0.2, 0.25) is 0 Å². The molecule has 0 N–H and O–H groups in total. The average Bonchev–Trinajstić information content (AvgIpc) is 2.59. The summed E-state index contributed by atoms with van der Waals surface area (Å²) in [6.45, 7) is 1.26. The van der Waals surface area contributed by atoms with Crippen LogP contribution in [0.4, 0.5) is 8.78 Å². The van der Waals surface area contributed by atoms with Crippen LogP contribution in [0.15, 0.2) is 48.5 Å². The second-order valence-corrected chi connectivity index (χ2v) is 8.24. The van der Waals surface area contributed by atoms with Crippen molar-refractivity contribution < 1.29 is 23.2 Å². The van der Waals surface area contributed by atoms with Gasteiger partial charge in [-0.05, 0) is 70.1 Å². The summed E-state index contributed by atoms with van der Waals surface area (Å²) in [7, 11) is 1.24. The van der Waals surface area contributed by atoms with Gasteiger partial charge in [0.1, 0.15) is 11.6 Å². The van der Waals surface area contributed by atoms with E-state index in [0.29, 0.717) is 21.6 Å². The Morgan fingerprint density at radius 2 is 1.20 bits per heavy atom. The van der Waals surface area contributed by atoms with Crippen LogP contribution < -0.4 is 0 Å². The molecule has 0 unspecified atom stereocenters. The van der Waals surface area contributed by atoms with Gasteiger partial charge in [-0.3, -0.25) is 14.4 Å². The Morgan fingerprint density at radius 3 is 1.52 bits per heavy atom. The first kappa shape index (κ1) is 19.6. The quantitative estimate of drug-likeness (QED) is 0.299. The van der Waals surface area contributed by atoms with E-state index in [1.807, 2.05) is 0 Å². The Bertz CT molecular complexity index is 750. The molecule has 0 fully saturated rings. The average molecular weight is 401 g/mol. The third-order valence-corrected chi connectivity index (χ3v) is 6.54. The van der Waals surface area contributed by atoms with Crippen molar-refractivity contribution in [2.45, 2.75) is 11.1 Å². The molecule has 8 heteroatoms. The van der Waals surface area contributed by atoms with Gasteiger partial charge >= 0.3 is 0 Å². The maximum atomic E-state index is 13.1. The number of ketones is 2. The first-order chi connectivity index (χ1) is 11.7. The molecule has 25 heavy (non-hydrogen) atoms. The van der Waals surface area contributed by atoms with E-state index >= 15 is 0 Å². The van der Waals surface area contributed by atoms with E-state index in [-0.39, 0.29) is 16.2 Å². The van der Waals surface area contributed by atoms with E-state index < -0.39 is 27.4 Å². The van der Waals surface area contributed by atoms with E-state index in [2.05, 4.69) is 0 Å². The summed E-state index contributed by atoms with van der Waals surface area (Å²) in [5.41, 5.74) is 0.0343. The molecule has 0 aliphatic carbocycles. The van der Waals surface area contributed by atoms with Crippen molar-refractivity contribution in [2.75, 3.05) is 0 Å². The van der Waals surface area contributed by atoms with Crippen molar-refractivity contribution in [3.8, 4) is 0 Å². The zero-order valence-electron chi connectivity index (χ0n) is 12.8. The maximum Gasteiger partial charge on any atom is 0.225 e. The number of carbonyl (C=O) groups is 3. The molecule has 0 saturated heterocycles. The van der Waals surface area contributed by atoms with Crippen LogP contribution in [0.1, 0.15) is 27.6 Å². The van der Waals surface area contributed by atoms with Crippen LogP contribution in [0.25, 0.3) is 0 Å². The highest BCUT2D eigenvalue weighted by Gasteiger charge is 2.46. The highest BCUT2D eigenvalue weighted by atomic mass is 35.5. The fraction of sp³-hybridized carbons (Fsp3) is 0.118. The number of carbonyl (C=O) groups excluding carboxylic acids is 3. The van der Waals surface area contributed by atoms with E-state index in [0.717, 1.165) is 24.3 Å². The molecule has 0 aliphatic heterocycles. The molecule has 0 heterocycles. The minimum Gasteiger partial charge on any atom is -0.291 e. The number of hydrogen-bond acceptors (Lipinski definition) is 5. The molecule has 2 aromatic rings. The lowest BCUT2D eigenvalue weighted by Crippen LogP contribution is -2.37. The largest absolute Gasteiger partial charge is 0.291 e. The fourth-order valence-corrected chi connectivity index (χ4v) is 4.14. The van der Waals surface area contributed by atoms with E-state index in [1.165, 1.54) is 31.2 Å². The van der Waals surface area contributed by atoms with E-state index in [1.54, 1.807) is 0 Å². The molecule has 130 valence electrons. The first-order valence-electron chi connectivity index (χ1n) is 6.90. The summed E-state index contributed by atoms with van der Waals surface area (Å²) < 4.78 is 24.0. The smallest absolute Gasteiger partial charge is 0.225 e. The predicted octanol–water partition coefficient (Wildman–Crippen LogP) is 4.89. The van der Waals surface area contributed by atoms with Gasteiger partial charge < -0.3 is 0 Å². The van der Waals surface area contributed by atoms with E-state index in [4.69, 9.17) is 11.6 Å². The highest BCUT2D eigenvalue weighted by molar-refractivity contribution is 8.83. The normalized spacial score (nSPS) is 11.2. The summed E-state index contributed by atoms with van der Waals surface area (Å²) in [4.78, 5) is 36.8. The van der Waals surface area contributed by atoms with Crippen molar-refractivity contribution in [3.05, 3.63) is 71.3 Å². The number of hydrogen-bond donors (Lipinski definition) is 0. The molecule has 2 rings (SSSR count). The van der Waals surface area contributed by atoms with Crippen LogP contribution in [-0.4, -0.2) is 20.9 Å². The van der Waals surface area contributed by atoms with E-state index in [9.17, 15) is 23.2 Å². The molecule has 2 aromatic carbocycles. The summed E-state index contributed by atoms with van der Waals surface area (Å²) in [6.07, 6.45) is 0. The minimum atomic E-state index is -2.15. The number of Topliss-reactive ketones (excluding diaryl/α,β-unsaturated/α-hetero) is 2. The Kier molecular flexibility index (Phi) is 6.37. The number of alkyl halides is 1. The molecule has 0 aromatic heterocycles. The van der Waals surface area contributed by atoms with Gasteiger partial charge in [0.05, 0.1) is 0 Å². The SMILES string of the molecule is CC(=O)SSC(Cl)(C(=O)c1ccc(F)cc1)C(=O)c1ccc(F)cc1. The topological polar surface area (TPSA) is 51.2 Å². The lowest BCUT2D eigenvalue weighted by molar-refractivity contribution is -0.109. The summed E-state index contributed by atoms with van der Waals surface area (Å²) in [6, 6.07) is 9.06. The van der Waals surface area contributed by atoms with Gasteiger partial charge in [0.25, 0.3) is 0 Å². The number of rotatable bonds is 6. The zero-order valence-corrected chi connectivity index (χ0v) is 15.2. The molecular weight excluding hydrogens is 390 g/mol. The first-order valence-corrected chi connectivity index (χ1v) is 9.42. The monoisotopic (exact) mass is 400 g/mol. The van der Waals surface area contributed by atoms with Crippen molar-refractivity contribution >= 4 is 49.9 Å². The molecule has 0 saturated carbocycles. The van der Waals surface area contributed by atoms with Gasteiger partial charge in [0, 0.05) is 18.1 Å². The van der Waals surface area contributed by atoms with Crippen LogP contribution in [0, 0.1) is 11.6 Å². The molecular formula is C17H11ClF2O3S2. The van der Waals surface area contributed by atoms with Crippen LogP contribution in [0.3, 0.4) is 0 Å². The molecule has 3 nitrogen and oxygen atoms in total. The van der Waals surface area contributed by atoms with Crippen molar-refractivity contribution in [1.82, 2.24) is 0 Å². The number of halogens is 3. The van der Waals surface area contributed by atoms with Gasteiger partial charge in [-0.15, -0.1) is 0 Å². The summed E-state index contributed by atoms with van der Waals surface area (Å²) in [5.74, 6) is -2.68. The lowest BCUT2D eigenvalue weighted by Gasteiger charge is -2.22.